The van der Waals surface area contributed by atoms with Crippen molar-refractivity contribution in [1.29, 1.82) is 0 Å². The molecule has 0 saturated heterocycles. The van der Waals surface area contributed by atoms with Gasteiger partial charge in [-0.15, -0.1) is 12.4 Å². The molecule has 1 aromatic rings. The molecule has 2 rings (SSSR count). The van der Waals surface area contributed by atoms with Gasteiger partial charge in [0.2, 0.25) is 5.91 Å². The summed E-state index contributed by atoms with van der Waals surface area (Å²) >= 11 is 3.47. The van der Waals surface area contributed by atoms with E-state index in [9.17, 15) is 4.79 Å². The van der Waals surface area contributed by atoms with Crippen molar-refractivity contribution in [3.8, 4) is 0 Å². The lowest BCUT2D eigenvalue weighted by molar-refractivity contribution is -0.123. The lowest BCUT2D eigenvalue weighted by Crippen LogP contribution is -2.51. The fourth-order valence-electron chi connectivity index (χ4n) is 3.19. The number of nitrogens with one attached hydrogen (secondary N) is 1. The standard InChI is InChI=1S/C17H25BrN2O.ClH/c18-15-8-6-14(7-9-15)13-17(10-2-1-3-11-17)20-16(21)5-4-12-19;/h6-9H,1-5,10-13,19H2,(H,20,21);1H. The number of carbonyl (C=O) groups excluding carboxylic acids is 1. The molecule has 1 aliphatic rings. The molecule has 0 heterocycles. The Morgan fingerprint density at radius 2 is 1.82 bits per heavy atom. The van der Waals surface area contributed by atoms with Crippen molar-refractivity contribution in [2.24, 2.45) is 5.73 Å². The average Bonchev–Trinajstić information content (AvgIpc) is 2.48. The van der Waals surface area contributed by atoms with Gasteiger partial charge < -0.3 is 11.1 Å². The third-order valence-corrected chi connectivity index (χ3v) is 4.81. The van der Waals surface area contributed by atoms with E-state index in [1.165, 1.54) is 24.8 Å². The fraction of sp³-hybridized carbons (Fsp3) is 0.588. The first-order valence-corrected chi connectivity index (χ1v) is 8.68. The summed E-state index contributed by atoms with van der Waals surface area (Å²) < 4.78 is 1.09. The Balaban J connectivity index is 0.00000242. The van der Waals surface area contributed by atoms with E-state index in [1.807, 2.05) is 0 Å². The Morgan fingerprint density at radius 3 is 2.41 bits per heavy atom. The zero-order chi connectivity index (χ0) is 15.1. The molecular weight excluding hydrogens is 364 g/mol. The molecule has 124 valence electrons. The van der Waals surface area contributed by atoms with Gasteiger partial charge in [-0.05, 0) is 49.9 Å². The Labute approximate surface area is 148 Å². The molecular formula is C17H26BrClN2O. The lowest BCUT2D eigenvalue weighted by Gasteiger charge is -2.38. The third-order valence-electron chi connectivity index (χ3n) is 4.28. The van der Waals surface area contributed by atoms with Crippen LogP contribution in [0.25, 0.3) is 0 Å². The second-order valence-corrected chi connectivity index (χ2v) is 7.00. The SMILES string of the molecule is Cl.NCCCC(=O)NC1(Cc2ccc(Br)cc2)CCCCC1. The summed E-state index contributed by atoms with van der Waals surface area (Å²) in [5.74, 6) is 0.152. The van der Waals surface area contributed by atoms with Crippen LogP contribution in [0.3, 0.4) is 0 Å². The molecule has 1 saturated carbocycles. The van der Waals surface area contributed by atoms with Crippen LogP contribution in [0.5, 0.6) is 0 Å². The van der Waals surface area contributed by atoms with Crippen LogP contribution < -0.4 is 11.1 Å². The average molecular weight is 390 g/mol. The molecule has 0 spiro atoms. The van der Waals surface area contributed by atoms with Crippen LogP contribution in [0.4, 0.5) is 0 Å². The molecule has 0 atom stereocenters. The molecule has 1 fully saturated rings. The molecule has 3 N–H and O–H groups in total. The van der Waals surface area contributed by atoms with Crippen molar-refractivity contribution in [2.45, 2.75) is 56.9 Å². The van der Waals surface area contributed by atoms with E-state index in [-0.39, 0.29) is 23.9 Å². The topological polar surface area (TPSA) is 55.1 Å². The zero-order valence-corrected chi connectivity index (χ0v) is 15.3. The molecule has 0 aliphatic heterocycles. The number of hydrogen-bond acceptors (Lipinski definition) is 2. The maximum absolute atomic E-state index is 12.1. The second kappa shape index (κ2) is 9.53. The van der Waals surface area contributed by atoms with Crippen LogP contribution in [0.2, 0.25) is 0 Å². The first-order valence-electron chi connectivity index (χ1n) is 7.89. The minimum Gasteiger partial charge on any atom is -0.350 e. The number of amides is 1. The summed E-state index contributed by atoms with van der Waals surface area (Å²) in [5, 5.41) is 3.32. The minimum absolute atomic E-state index is 0. The van der Waals surface area contributed by atoms with Gasteiger partial charge in [0.15, 0.2) is 0 Å². The van der Waals surface area contributed by atoms with E-state index in [1.54, 1.807) is 0 Å². The number of rotatable bonds is 6. The highest BCUT2D eigenvalue weighted by molar-refractivity contribution is 9.10. The molecule has 1 aromatic carbocycles. The number of hydrogen-bond donors (Lipinski definition) is 2. The Hall–Kier alpha value is -0.580. The number of carbonyl (C=O) groups is 1. The van der Waals surface area contributed by atoms with Crippen molar-refractivity contribution in [3.63, 3.8) is 0 Å². The van der Waals surface area contributed by atoms with Crippen LogP contribution in [0, 0.1) is 0 Å². The molecule has 5 heteroatoms. The Morgan fingerprint density at radius 1 is 1.18 bits per heavy atom. The quantitative estimate of drug-likeness (QED) is 0.773. The van der Waals surface area contributed by atoms with Crippen molar-refractivity contribution >= 4 is 34.2 Å². The Kier molecular flexibility index (Phi) is 8.44. The van der Waals surface area contributed by atoms with E-state index < -0.39 is 0 Å². The maximum atomic E-state index is 12.1. The van der Waals surface area contributed by atoms with Gasteiger partial charge >= 0.3 is 0 Å². The highest BCUT2D eigenvalue weighted by Crippen LogP contribution is 2.32. The smallest absolute Gasteiger partial charge is 0.220 e. The van der Waals surface area contributed by atoms with E-state index in [0.29, 0.717) is 13.0 Å². The van der Waals surface area contributed by atoms with Crippen LogP contribution in [-0.4, -0.2) is 18.0 Å². The molecule has 0 radical (unpaired) electrons. The summed E-state index contributed by atoms with van der Waals surface area (Å²) in [6.07, 6.45) is 8.07. The maximum Gasteiger partial charge on any atom is 0.220 e. The monoisotopic (exact) mass is 388 g/mol. The predicted octanol–water partition coefficient (Wildman–Crippen LogP) is 3.97. The molecule has 0 aromatic heterocycles. The summed E-state index contributed by atoms with van der Waals surface area (Å²) in [6.45, 7) is 0.577. The van der Waals surface area contributed by atoms with Crippen LogP contribution in [0.15, 0.2) is 28.7 Å². The first kappa shape index (κ1) is 19.5. The normalized spacial score (nSPS) is 16.6. The fourth-order valence-corrected chi connectivity index (χ4v) is 3.45. The van der Waals surface area contributed by atoms with Gasteiger partial charge in [0.1, 0.15) is 0 Å². The van der Waals surface area contributed by atoms with Crippen LogP contribution >= 0.6 is 28.3 Å². The Bertz CT molecular complexity index is 458. The van der Waals surface area contributed by atoms with Gasteiger partial charge in [-0.1, -0.05) is 47.3 Å². The molecule has 3 nitrogen and oxygen atoms in total. The van der Waals surface area contributed by atoms with Crippen LogP contribution in [0.1, 0.15) is 50.5 Å². The predicted molar refractivity (Wildman–Crippen MR) is 97.3 cm³/mol. The van der Waals surface area contributed by atoms with Gasteiger partial charge in [0.25, 0.3) is 0 Å². The number of benzene rings is 1. The van der Waals surface area contributed by atoms with Crippen molar-refractivity contribution in [3.05, 3.63) is 34.3 Å². The van der Waals surface area contributed by atoms with Gasteiger partial charge in [-0.3, -0.25) is 4.79 Å². The number of halogens is 2. The highest BCUT2D eigenvalue weighted by Gasteiger charge is 2.33. The van der Waals surface area contributed by atoms with Crippen molar-refractivity contribution < 1.29 is 4.79 Å². The highest BCUT2D eigenvalue weighted by atomic mass is 79.9. The van der Waals surface area contributed by atoms with Gasteiger partial charge in [-0.25, -0.2) is 0 Å². The van der Waals surface area contributed by atoms with Crippen molar-refractivity contribution in [2.75, 3.05) is 6.54 Å². The first-order chi connectivity index (χ1) is 10.1. The lowest BCUT2D eigenvalue weighted by atomic mass is 9.77. The molecule has 0 bridgehead atoms. The summed E-state index contributed by atoms with van der Waals surface area (Å²) in [6, 6.07) is 8.43. The minimum atomic E-state index is -0.0578. The van der Waals surface area contributed by atoms with Gasteiger partial charge in [0.05, 0.1) is 0 Å². The van der Waals surface area contributed by atoms with Gasteiger partial charge in [-0.2, -0.15) is 0 Å². The van der Waals surface area contributed by atoms with E-state index in [4.69, 9.17) is 5.73 Å². The van der Waals surface area contributed by atoms with E-state index >= 15 is 0 Å². The third kappa shape index (κ3) is 5.90. The largest absolute Gasteiger partial charge is 0.350 e. The van der Waals surface area contributed by atoms with E-state index in [2.05, 4.69) is 45.5 Å². The molecule has 0 unspecified atom stereocenters. The molecule has 1 aliphatic carbocycles. The number of nitrogens with two attached hydrogens (primary N) is 1. The second-order valence-electron chi connectivity index (χ2n) is 6.08. The van der Waals surface area contributed by atoms with E-state index in [0.717, 1.165) is 30.2 Å². The molecule has 1 amide bonds. The van der Waals surface area contributed by atoms with Gasteiger partial charge in [0, 0.05) is 16.4 Å². The summed E-state index contributed by atoms with van der Waals surface area (Å²) in [4.78, 5) is 12.1. The zero-order valence-electron chi connectivity index (χ0n) is 12.9. The molecule has 22 heavy (non-hydrogen) atoms. The summed E-state index contributed by atoms with van der Waals surface area (Å²) in [5.41, 5.74) is 6.73. The van der Waals surface area contributed by atoms with Crippen molar-refractivity contribution in [1.82, 2.24) is 5.32 Å². The summed E-state index contributed by atoms with van der Waals surface area (Å²) in [7, 11) is 0. The van der Waals surface area contributed by atoms with Crippen LogP contribution in [-0.2, 0) is 11.2 Å².